The fourth-order valence-electron chi connectivity index (χ4n) is 4.11. The van der Waals surface area contributed by atoms with Gasteiger partial charge in [0.25, 0.3) is 0 Å². The summed E-state index contributed by atoms with van der Waals surface area (Å²) in [7, 11) is 1.97. The topological polar surface area (TPSA) is 58.8 Å². The smallest absolute Gasteiger partial charge is 0.230 e. The summed E-state index contributed by atoms with van der Waals surface area (Å²) in [5, 5.41) is 0. The molecule has 27 heavy (non-hydrogen) atoms. The van der Waals surface area contributed by atoms with Crippen molar-refractivity contribution in [3.8, 4) is 0 Å². The van der Waals surface area contributed by atoms with Gasteiger partial charge in [-0.05, 0) is 31.2 Å². The number of ether oxygens (including phenoxy) is 1. The predicted octanol–water partition coefficient (Wildman–Crippen LogP) is 2.71. The van der Waals surface area contributed by atoms with Gasteiger partial charge in [-0.15, -0.1) is 24.8 Å². The van der Waals surface area contributed by atoms with Crippen LogP contribution in [0.2, 0.25) is 0 Å². The van der Waals surface area contributed by atoms with Crippen LogP contribution in [0.1, 0.15) is 31.2 Å². The molecular weight excluding hydrogens is 385 g/mol. The molecule has 1 aromatic rings. The third-order valence-electron chi connectivity index (χ3n) is 5.97. The van der Waals surface area contributed by atoms with E-state index in [1.54, 1.807) is 0 Å². The summed E-state index contributed by atoms with van der Waals surface area (Å²) in [5.74, 6) is 0.222. The second kappa shape index (κ2) is 11.2. The lowest BCUT2D eigenvalue weighted by Crippen LogP contribution is -2.54. The van der Waals surface area contributed by atoms with Crippen LogP contribution < -0.4 is 5.73 Å². The number of carbonyl (C=O) groups excluding carboxylic acids is 1. The van der Waals surface area contributed by atoms with Crippen molar-refractivity contribution in [1.82, 2.24) is 9.80 Å². The third kappa shape index (κ3) is 5.81. The van der Waals surface area contributed by atoms with Crippen molar-refractivity contribution < 1.29 is 9.53 Å². The molecule has 0 radical (unpaired) electrons. The number of carbonyl (C=O) groups is 1. The lowest BCUT2D eigenvalue weighted by atomic mass is 9.78. The number of likely N-dealkylation sites (tertiary alicyclic amines) is 1. The van der Waals surface area contributed by atoms with Gasteiger partial charge < -0.3 is 15.4 Å². The first-order chi connectivity index (χ1) is 12.1. The number of piperidine rings is 1. The van der Waals surface area contributed by atoms with E-state index in [4.69, 9.17) is 10.5 Å². The van der Waals surface area contributed by atoms with Crippen LogP contribution in [0.3, 0.4) is 0 Å². The van der Waals surface area contributed by atoms with Crippen molar-refractivity contribution in [3.05, 3.63) is 35.9 Å². The fourth-order valence-corrected chi connectivity index (χ4v) is 4.11. The number of rotatable bonds is 5. The first-order valence-corrected chi connectivity index (χ1v) is 9.46. The van der Waals surface area contributed by atoms with E-state index in [9.17, 15) is 4.79 Å². The molecule has 0 unspecified atom stereocenters. The summed E-state index contributed by atoms with van der Waals surface area (Å²) in [6.07, 6.45) is 3.57. The first kappa shape index (κ1) is 24.2. The monoisotopic (exact) mass is 417 g/mol. The van der Waals surface area contributed by atoms with Gasteiger partial charge in [0, 0.05) is 52.5 Å². The minimum Gasteiger partial charge on any atom is -0.381 e. The van der Waals surface area contributed by atoms with Crippen molar-refractivity contribution in [2.45, 2.75) is 38.3 Å². The lowest BCUT2D eigenvalue weighted by molar-refractivity contribution is -0.149. The molecule has 0 bridgehead atoms. The molecule has 2 heterocycles. The number of benzene rings is 1. The summed E-state index contributed by atoms with van der Waals surface area (Å²) in [4.78, 5) is 17.6. The van der Waals surface area contributed by atoms with E-state index >= 15 is 0 Å². The Bertz CT molecular complexity index is 560. The molecule has 1 aromatic carbocycles. The molecule has 7 heteroatoms. The Morgan fingerprint density at radius 1 is 1.19 bits per heavy atom. The van der Waals surface area contributed by atoms with Gasteiger partial charge in [0.05, 0.1) is 5.41 Å². The predicted molar refractivity (Wildman–Crippen MR) is 114 cm³/mol. The second-order valence-electron chi connectivity index (χ2n) is 7.51. The van der Waals surface area contributed by atoms with Crippen LogP contribution >= 0.6 is 24.8 Å². The minimum absolute atomic E-state index is 0. The summed E-state index contributed by atoms with van der Waals surface area (Å²) < 4.78 is 5.44. The van der Waals surface area contributed by atoms with E-state index in [1.807, 2.05) is 11.9 Å². The Hall–Kier alpha value is -0.850. The maximum Gasteiger partial charge on any atom is 0.230 e. The third-order valence-corrected chi connectivity index (χ3v) is 5.97. The van der Waals surface area contributed by atoms with Crippen LogP contribution in [0.25, 0.3) is 0 Å². The summed E-state index contributed by atoms with van der Waals surface area (Å²) >= 11 is 0. The second-order valence-corrected chi connectivity index (χ2v) is 7.51. The quantitative estimate of drug-likeness (QED) is 0.799. The normalized spacial score (nSPS) is 20.2. The molecule has 0 aromatic heterocycles. The summed E-state index contributed by atoms with van der Waals surface area (Å²) in [5.41, 5.74) is 6.95. The Morgan fingerprint density at radius 2 is 1.78 bits per heavy atom. The van der Waals surface area contributed by atoms with Crippen LogP contribution in [-0.4, -0.2) is 61.6 Å². The fraction of sp³-hybridized carbons (Fsp3) is 0.650. The molecule has 0 atom stereocenters. The zero-order valence-corrected chi connectivity index (χ0v) is 17.8. The van der Waals surface area contributed by atoms with Gasteiger partial charge in [-0.2, -0.15) is 0 Å². The zero-order valence-electron chi connectivity index (χ0n) is 16.1. The maximum atomic E-state index is 13.1. The first-order valence-electron chi connectivity index (χ1n) is 9.46. The van der Waals surface area contributed by atoms with Crippen molar-refractivity contribution in [1.29, 1.82) is 0 Å². The molecule has 0 spiro atoms. The molecule has 2 saturated heterocycles. The molecule has 2 aliphatic heterocycles. The summed E-state index contributed by atoms with van der Waals surface area (Å²) in [6, 6.07) is 10.9. The number of amides is 1. The van der Waals surface area contributed by atoms with Gasteiger partial charge in [-0.3, -0.25) is 9.69 Å². The Kier molecular flexibility index (Phi) is 10.1. The maximum absolute atomic E-state index is 13.1. The van der Waals surface area contributed by atoms with E-state index in [0.29, 0.717) is 25.8 Å². The van der Waals surface area contributed by atoms with Gasteiger partial charge in [0.2, 0.25) is 5.91 Å². The van der Waals surface area contributed by atoms with Crippen molar-refractivity contribution >= 4 is 30.7 Å². The van der Waals surface area contributed by atoms with Crippen molar-refractivity contribution in [2.75, 3.05) is 39.9 Å². The number of halogens is 2. The highest BCUT2D eigenvalue weighted by Gasteiger charge is 2.42. The molecule has 2 N–H and O–H groups in total. The van der Waals surface area contributed by atoms with Crippen molar-refractivity contribution in [2.24, 2.45) is 11.1 Å². The number of nitrogens with two attached hydrogens (primary N) is 1. The SMILES string of the molecule is CN(C(=O)C1(CN)CCOCC1)C1CCN(Cc2ccccc2)CC1.Cl.Cl. The van der Waals surface area contributed by atoms with Gasteiger partial charge in [-0.25, -0.2) is 0 Å². The Labute approximate surface area is 175 Å². The molecule has 5 nitrogen and oxygen atoms in total. The average molecular weight is 418 g/mol. The molecule has 154 valence electrons. The molecule has 0 aliphatic carbocycles. The van der Waals surface area contributed by atoms with E-state index in [1.165, 1.54) is 5.56 Å². The van der Waals surface area contributed by atoms with Crippen LogP contribution in [0.5, 0.6) is 0 Å². The summed E-state index contributed by atoms with van der Waals surface area (Å²) in [6.45, 7) is 4.78. The Balaban J connectivity index is 0.00000182. The molecule has 0 saturated carbocycles. The molecule has 2 aliphatic rings. The van der Waals surface area contributed by atoms with Gasteiger partial charge in [0.1, 0.15) is 0 Å². The van der Waals surface area contributed by atoms with Crippen LogP contribution in [0.15, 0.2) is 30.3 Å². The number of nitrogens with zero attached hydrogens (tertiary/aromatic N) is 2. The molecular formula is C20H33Cl2N3O2. The van der Waals surface area contributed by atoms with E-state index < -0.39 is 5.41 Å². The molecule has 1 amide bonds. The number of hydrogen-bond acceptors (Lipinski definition) is 4. The minimum atomic E-state index is -0.409. The Morgan fingerprint density at radius 3 is 2.33 bits per heavy atom. The number of hydrogen-bond donors (Lipinski definition) is 1. The highest BCUT2D eigenvalue weighted by Crippen LogP contribution is 2.33. The van der Waals surface area contributed by atoms with E-state index in [0.717, 1.165) is 45.3 Å². The van der Waals surface area contributed by atoms with Crippen LogP contribution in [0, 0.1) is 5.41 Å². The van der Waals surface area contributed by atoms with E-state index in [-0.39, 0.29) is 30.7 Å². The van der Waals surface area contributed by atoms with Crippen LogP contribution in [-0.2, 0) is 16.1 Å². The molecule has 2 fully saturated rings. The van der Waals surface area contributed by atoms with E-state index in [2.05, 4.69) is 35.2 Å². The largest absolute Gasteiger partial charge is 0.381 e. The zero-order chi connectivity index (χ0) is 17.7. The van der Waals surface area contributed by atoms with Crippen LogP contribution in [0.4, 0.5) is 0 Å². The van der Waals surface area contributed by atoms with Gasteiger partial charge in [0.15, 0.2) is 0 Å². The van der Waals surface area contributed by atoms with Crippen molar-refractivity contribution in [3.63, 3.8) is 0 Å². The van der Waals surface area contributed by atoms with Gasteiger partial charge >= 0.3 is 0 Å². The highest BCUT2D eigenvalue weighted by atomic mass is 35.5. The molecule has 3 rings (SSSR count). The van der Waals surface area contributed by atoms with Gasteiger partial charge in [-0.1, -0.05) is 30.3 Å². The standard InChI is InChI=1S/C20H31N3O2.2ClH/c1-22(19(24)20(16-21)9-13-25-14-10-20)18-7-11-23(12-8-18)15-17-5-3-2-4-6-17;;/h2-6,18H,7-16,21H2,1H3;2*1H. The average Bonchev–Trinajstić information content (AvgIpc) is 2.69. The highest BCUT2D eigenvalue weighted by molar-refractivity contribution is 5.85. The lowest BCUT2D eigenvalue weighted by Gasteiger charge is -2.42.